The van der Waals surface area contributed by atoms with Gasteiger partial charge in [-0.15, -0.1) is 24.0 Å². The molecule has 1 amide bonds. The highest BCUT2D eigenvalue weighted by Crippen LogP contribution is 2.39. The van der Waals surface area contributed by atoms with Gasteiger partial charge in [0.15, 0.2) is 5.96 Å². The summed E-state index contributed by atoms with van der Waals surface area (Å²) >= 11 is 0. The number of hydrogen-bond donors (Lipinski definition) is 1. The van der Waals surface area contributed by atoms with Gasteiger partial charge in [0.2, 0.25) is 5.91 Å². The number of amides is 1. The first-order valence-electron chi connectivity index (χ1n) is 11.4. The van der Waals surface area contributed by atoms with E-state index < -0.39 is 0 Å². The number of nitrogens with one attached hydrogen (secondary N) is 1. The normalized spacial score (nSPS) is 25.0. The Balaban J connectivity index is 0.00000320. The molecule has 1 atom stereocenters. The lowest BCUT2D eigenvalue weighted by atomic mass is 9.84. The van der Waals surface area contributed by atoms with E-state index in [2.05, 4.69) is 15.2 Å². The third kappa shape index (κ3) is 6.69. The molecule has 1 unspecified atom stereocenters. The minimum atomic E-state index is -0.277. The van der Waals surface area contributed by atoms with Crippen LogP contribution >= 0.6 is 24.0 Å². The van der Waals surface area contributed by atoms with Crippen molar-refractivity contribution in [1.29, 1.82) is 0 Å². The summed E-state index contributed by atoms with van der Waals surface area (Å²) in [6, 6.07) is 0. The quantitative estimate of drug-likeness (QED) is 0.322. The topological polar surface area (TPSA) is 66.4 Å². The van der Waals surface area contributed by atoms with Crippen LogP contribution in [0.3, 0.4) is 0 Å². The molecule has 0 aromatic carbocycles. The number of halogens is 1. The molecule has 0 bridgehead atoms. The number of carbonyl (C=O) groups is 1. The molecule has 3 aliphatic rings. The van der Waals surface area contributed by atoms with Gasteiger partial charge in [0.05, 0.1) is 24.2 Å². The maximum absolute atomic E-state index is 12.8. The molecule has 0 aromatic rings. The standard InChI is InChI=1S/C22H40N4O3.HI/c1-23-21(24-17-22(11-5-6-12-22)20(27)25(2)3)26-13-9-18(10-14-26)29-16-19-8-4-7-15-28-19;/h18-19H,4-17H2,1-3H3,(H,23,24);1H. The number of aliphatic imine (C=N–C) groups is 1. The Morgan fingerprint density at radius 2 is 1.87 bits per heavy atom. The molecule has 3 rings (SSSR count). The molecule has 30 heavy (non-hydrogen) atoms. The first kappa shape index (κ1) is 25.6. The SMILES string of the molecule is CN=C(NCC1(C(=O)N(C)C)CCCC1)N1CCC(OCC2CCCCO2)CC1.I. The molecule has 3 fully saturated rings. The molecule has 8 heteroatoms. The summed E-state index contributed by atoms with van der Waals surface area (Å²) in [5, 5.41) is 3.52. The van der Waals surface area contributed by atoms with Gasteiger partial charge in [0.25, 0.3) is 0 Å². The van der Waals surface area contributed by atoms with Gasteiger partial charge in [-0.3, -0.25) is 9.79 Å². The van der Waals surface area contributed by atoms with Crippen molar-refractivity contribution in [1.82, 2.24) is 15.1 Å². The molecule has 0 aromatic heterocycles. The molecule has 7 nitrogen and oxygen atoms in total. The van der Waals surface area contributed by atoms with Crippen molar-refractivity contribution < 1.29 is 14.3 Å². The smallest absolute Gasteiger partial charge is 0.230 e. The summed E-state index contributed by atoms with van der Waals surface area (Å²) in [5.41, 5.74) is -0.277. The average molecular weight is 536 g/mol. The van der Waals surface area contributed by atoms with Crippen LogP contribution in [0.25, 0.3) is 0 Å². The van der Waals surface area contributed by atoms with Gasteiger partial charge in [0.1, 0.15) is 0 Å². The van der Waals surface area contributed by atoms with Crippen molar-refractivity contribution in [3.63, 3.8) is 0 Å². The summed E-state index contributed by atoms with van der Waals surface area (Å²) in [4.78, 5) is 21.3. The van der Waals surface area contributed by atoms with E-state index in [4.69, 9.17) is 9.47 Å². The van der Waals surface area contributed by atoms with Crippen molar-refractivity contribution >= 4 is 35.8 Å². The highest BCUT2D eigenvalue weighted by atomic mass is 127. The number of piperidine rings is 1. The van der Waals surface area contributed by atoms with Crippen LogP contribution in [0.2, 0.25) is 0 Å². The van der Waals surface area contributed by atoms with E-state index in [-0.39, 0.29) is 41.4 Å². The summed E-state index contributed by atoms with van der Waals surface area (Å²) in [5.74, 6) is 1.16. The molecular weight excluding hydrogens is 495 g/mol. The lowest BCUT2D eigenvalue weighted by Crippen LogP contribution is -2.52. The molecule has 0 radical (unpaired) electrons. The summed E-state index contributed by atoms with van der Waals surface area (Å²) in [6.45, 7) is 4.15. The van der Waals surface area contributed by atoms with Crippen LogP contribution in [0.1, 0.15) is 57.8 Å². The van der Waals surface area contributed by atoms with Gasteiger partial charge in [-0.25, -0.2) is 0 Å². The van der Waals surface area contributed by atoms with Crippen molar-refractivity contribution in [2.75, 3.05) is 54.0 Å². The Morgan fingerprint density at radius 1 is 1.17 bits per heavy atom. The van der Waals surface area contributed by atoms with E-state index in [9.17, 15) is 4.79 Å². The maximum atomic E-state index is 12.8. The number of hydrogen-bond acceptors (Lipinski definition) is 4. The Kier molecular flexibility index (Phi) is 10.6. The molecular formula is C22H41IN4O3. The zero-order valence-electron chi connectivity index (χ0n) is 19.0. The Morgan fingerprint density at radius 3 is 2.43 bits per heavy atom. The lowest BCUT2D eigenvalue weighted by Gasteiger charge is -2.37. The third-order valence-electron chi connectivity index (χ3n) is 6.75. The van der Waals surface area contributed by atoms with Crippen LogP contribution in [-0.4, -0.2) is 87.9 Å². The fourth-order valence-electron chi connectivity index (χ4n) is 4.99. The van der Waals surface area contributed by atoms with Crippen LogP contribution in [-0.2, 0) is 14.3 Å². The fourth-order valence-corrected chi connectivity index (χ4v) is 4.99. The second-order valence-corrected chi connectivity index (χ2v) is 9.10. The Bertz CT molecular complexity index is 553. The second-order valence-electron chi connectivity index (χ2n) is 9.10. The van der Waals surface area contributed by atoms with Gasteiger partial charge >= 0.3 is 0 Å². The molecule has 1 saturated carbocycles. The molecule has 2 heterocycles. The maximum Gasteiger partial charge on any atom is 0.230 e. The van der Waals surface area contributed by atoms with E-state index in [1.165, 1.54) is 12.8 Å². The highest BCUT2D eigenvalue weighted by Gasteiger charge is 2.42. The summed E-state index contributed by atoms with van der Waals surface area (Å²) in [6.07, 6.45) is 10.4. The van der Waals surface area contributed by atoms with E-state index in [0.717, 1.165) is 77.2 Å². The molecule has 174 valence electrons. The number of carbonyl (C=O) groups excluding carboxylic acids is 1. The van der Waals surface area contributed by atoms with Crippen LogP contribution in [0, 0.1) is 5.41 Å². The zero-order valence-corrected chi connectivity index (χ0v) is 21.4. The zero-order chi connectivity index (χ0) is 20.7. The monoisotopic (exact) mass is 536 g/mol. The molecule has 0 spiro atoms. The molecule has 1 aliphatic carbocycles. The summed E-state index contributed by atoms with van der Waals surface area (Å²) in [7, 11) is 5.56. The van der Waals surface area contributed by atoms with Crippen molar-refractivity contribution in [2.24, 2.45) is 10.4 Å². The van der Waals surface area contributed by atoms with Gasteiger partial charge < -0.3 is 24.6 Å². The number of likely N-dealkylation sites (tertiary alicyclic amines) is 1. The molecule has 2 aliphatic heterocycles. The number of nitrogens with zero attached hydrogens (tertiary/aromatic N) is 3. The van der Waals surface area contributed by atoms with Gasteiger partial charge in [-0.05, 0) is 44.9 Å². The van der Waals surface area contributed by atoms with Crippen LogP contribution in [0.15, 0.2) is 4.99 Å². The van der Waals surface area contributed by atoms with E-state index in [0.29, 0.717) is 12.6 Å². The lowest BCUT2D eigenvalue weighted by molar-refractivity contribution is -0.138. The van der Waals surface area contributed by atoms with Crippen molar-refractivity contribution in [3.8, 4) is 0 Å². The number of rotatable bonds is 6. The minimum absolute atomic E-state index is 0. The van der Waals surface area contributed by atoms with Crippen LogP contribution < -0.4 is 5.32 Å². The predicted octanol–water partition coefficient (Wildman–Crippen LogP) is 2.88. The van der Waals surface area contributed by atoms with Crippen molar-refractivity contribution in [2.45, 2.75) is 70.0 Å². The average Bonchev–Trinajstić information content (AvgIpc) is 3.23. The molecule has 1 N–H and O–H groups in total. The van der Waals surface area contributed by atoms with Gasteiger partial charge in [-0.2, -0.15) is 0 Å². The first-order valence-corrected chi connectivity index (χ1v) is 11.4. The van der Waals surface area contributed by atoms with E-state index in [1.54, 1.807) is 4.90 Å². The summed E-state index contributed by atoms with van der Waals surface area (Å²) < 4.78 is 11.9. The van der Waals surface area contributed by atoms with Gasteiger partial charge in [-0.1, -0.05) is 12.8 Å². The van der Waals surface area contributed by atoms with Crippen LogP contribution in [0.5, 0.6) is 0 Å². The van der Waals surface area contributed by atoms with E-state index in [1.807, 2.05) is 21.1 Å². The number of guanidine groups is 1. The number of ether oxygens (including phenoxy) is 2. The van der Waals surface area contributed by atoms with E-state index >= 15 is 0 Å². The second kappa shape index (κ2) is 12.4. The highest BCUT2D eigenvalue weighted by molar-refractivity contribution is 14.0. The predicted molar refractivity (Wildman–Crippen MR) is 131 cm³/mol. The third-order valence-corrected chi connectivity index (χ3v) is 6.75. The fraction of sp³-hybridized carbons (Fsp3) is 0.909. The Hall–Kier alpha value is -0.610. The Labute approximate surface area is 199 Å². The first-order chi connectivity index (χ1) is 14.0. The van der Waals surface area contributed by atoms with Gasteiger partial charge in [0, 0.05) is 47.4 Å². The van der Waals surface area contributed by atoms with Crippen molar-refractivity contribution in [3.05, 3.63) is 0 Å². The van der Waals surface area contributed by atoms with Crippen LogP contribution in [0.4, 0.5) is 0 Å². The minimum Gasteiger partial charge on any atom is -0.376 e. The largest absolute Gasteiger partial charge is 0.376 e. The molecule has 2 saturated heterocycles.